The van der Waals surface area contributed by atoms with E-state index >= 15 is 0 Å². The molecule has 1 aromatic rings. The molecule has 1 atom stereocenters. The maximum Gasteiger partial charge on any atom is 0.307 e. The van der Waals surface area contributed by atoms with Crippen molar-refractivity contribution in [2.45, 2.75) is 46.7 Å². The van der Waals surface area contributed by atoms with Crippen molar-refractivity contribution < 1.29 is 9.53 Å². The number of hydrogen-bond donors (Lipinski definition) is 1. The summed E-state index contributed by atoms with van der Waals surface area (Å²) in [6.45, 7) is 9.31. The fraction of sp³-hybridized carbons (Fsp3) is 0.562. The third-order valence-corrected chi connectivity index (χ3v) is 3.44. The number of esters is 1. The zero-order chi connectivity index (χ0) is 15.2. The Labute approximate surface area is 126 Å². The lowest BCUT2D eigenvalue weighted by Crippen LogP contribution is -2.41. The number of benzene rings is 1. The third kappa shape index (κ3) is 5.93. The topological polar surface area (TPSA) is 38.3 Å². The van der Waals surface area contributed by atoms with Crippen LogP contribution < -0.4 is 5.32 Å². The molecule has 0 aliphatic rings. The van der Waals surface area contributed by atoms with E-state index in [1.807, 2.05) is 31.2 Å². The zero-order valence-electron chi connectivity index (χ0n) is 12.7. The van der Waals surface area contributed by atoms with Gasteiger partial charge in [0.05, 0.1) is 13.0 Å². The van der Waals surface area contributed by atoms with Crippen LogP contribution in [-0.4, -0.2) is 18.6 Å². The second-order valence-electron chi connectivity index (χ2n) is 5.94. The largest absolute Gasteiger partial charge is 0.466 e. The van der Waals surface area contributed by atoms with Gasteiger partial charge in [0.25, 0.3) is 0 Å². The molecular formula is C16H24ClNO2. The summed E-state index contributed by atoms with van der Waals surface area (Å²) in [5.41, 5.74) is 1.13. The Morgan fingerprint density at radius 1 is 1.30 bits per heavy atom. The highest BCUT2D eigenvalue weighted by Gasteiger charge is 2.27. The molecule has 1 aromatic carbocycles. The molecule has 1 rings (SSSR count). The van der Waals surface area contributed by atoms with Crippen molar-refractivity contribution in [3.8, 4) is 0 Å². The van der Waals surface area contributed by atoms with Crippen LogP contribution in [0.3, 0.4) is 0 Å². The van der Waals surface area contributed by atoms with E-state index in [4.69, 9.17) is 16.3 Å². The first-order valence-corrected chi connectivity index (χ1v) is 7.34. The summed E-state index contributed by atoms with van der Waals surface area (Å²) in [6, 6.07) is 7.78. The molecule has 1 N–H and O–H groups in total. The van der Waals surface area contributed by atoms with Crippen molar-refractivity contribution in [1.82, 2.24) is 5.32 Å². The zero-order valence-corrected chi connectivity index (χ0v) is 13.5. The Balaban J connectivity index is 2.61. The van der Waals surface area contributed by atoms with Gasteiger partial charge in [-0.25, -0.2) is 0 Å². The lowest BCUT2D eigenvalue weighted by atomic mass is 9.84. The molecule has 0 aliphatic carbocycles. The van der Waals surface area contributed by atoms with E-state index in [0.29, 0.717) is 19.6 Å². The minimum atomic E-state index is -0.156. The van der Waals surface area contributed by atoms with Gasteiger partial charge in [0.1, 0.15) is 0 Å². The monoisotopic (exact) mass is 297 g/mol. The number of nitrogens with one attached hydrogen (secondary N) is 1. The maximum atomic E-state index is 11.7. The van der Waals surface area contributed by atoms with Gasteiger partial charge in [0.2, 0.25) is 0 Å². The van der Waals surface area contributed by atoms with Gasteiger partial charge in [-0.15, -0.1) is 0 Å². The molecule has 0 saturated carbocycles. The van der Waals surface area contributed by atoms with E-state index < -0.39 is 0 Å². The van der Waals surface area contributed by atoms with Crippen molar-refractivity contribution in [2.24, 2.45) is 5.41 Å². The van der Waals surface area contributed by atoms with Gasteiger partial charge in [0, 0.05) is 17.6 Å². The molecule has 0 aromatic heterocycles. The number of hydrogen-bond acceptors (Lipinski definition) is 3. The van der Waals surface area contributed by atoms with Crippen LogP contribution in [0, 0.1) is 5.41 Å². The highest BCUT2D eigenvalue weighted by atomic mass is 35.5. The normalized spacial score (nSPS) is 13.1. The Kier molecular flexibility index (Phi) is 6.50. The number of halogens is 1. The van der Waals surface area contributed by atoms with E-state index in [2.05, 4.69) is 26.1 Å². The minimum absolute atomic E-state index is 0.0147. The highest BCUT2D eigenvalue weighted by molar-refractivity contribution is 6.30. The van der Waals surface area contributed by atoms with Crippen LogP contribution in [0.5, 0.6) is 0 Å². The van der Waals surface area contributed by atoms with Gasteiger partial charge < -0.3 is 10.1 Å². The molecule has 20 heavy (non-hydrogen) atoms. The minimum Gasteiger partial charge on any atom is -0.466 e. The van der Waals surface area contributed by atoms with Crippen LogP contribution >= 0.6 is 11.6 Å². The van der Waals surface area contributed by atoms with Crippen LogP contribution in [0.15, 0.2) is 24.3 Å². The van der Waals surface area contributed by atoms with E-state index in [1.165, 1.54) is 0 Å². The van der Waals surface area contributed by atoms with Gasteiger partial charge in [-0.1, -0.05) is 44.5 Å². The predicted octanol–water partition coefficient (Wildman–Crippen LogP) is 3.80. The summed E-state index contributed by atoms with van der Waals surface area (Å²) >= 11 is 5.87. The first-order chi connectivity index (χ1) is 9.32. The summed E-state index contributed by atoms with van der Waals surface area (Å²) < 4.78 is 5.04. The average Bonchev–Trinajstić information content (AvgIpc) is 2.35. The number of rotatable bonds is 6. The Morgan fingerprint density at radius 3 is 2.40 bits per heavy atom. The SMILES string of the molecule is CCOC(=O)CC(NCc1ccc(Cl)cc1)C(C)(C)C. The molecule has 0 fully saturated rings. The van der Waals surface area contributed by atoms with E-state index in [0.717, 1.165) is 10.6 Å². The van der Waals surface area contributed by atoms with Crippen LogP contribution in [0.2, 0.25) is 5.02 Å². The quantitative estimate of drug-likeness (QED) is 0.812. The van der Waals surface area contributed by atoms with Gasteiger partial charge in [0.15, 0.2) is 0 Å². The smallest absolute Gasteiger partial charge is 0.307 e. The average molecular weight is 298 g/mol. The third-order valence-electron chi connectivity index (χ3n) is 3.19. The summed E-state index contributed by atoms with van der Waals surface area (Å²) in [4.78, 5) is 11.7. The van der Waals surface area contributed by atoms with Crippen LogP contribution in [0.25, 0.3) is 0 Å². The molecule has 3 nitrogen and oxygen atoms in total. The number of carbonyl (C=O) groups excluding carboxylic acids is 1. The molecule has 1 unspecified atom stereocenters. The summed E-state index contributed by atoms with van der Waals surface area (Å²) in [6.07, 6.45) is 0.380. The van der Waals surface area contributed by atoms with Crippen molar-refractivity contribution in [3.05, 3.63) is 34.9 Å². The van der Waals surface area contributed by atoms with Gasteiger partial charge >= 0.3 is 5.97 Å². The van der Waals surface area contributed by atoms with Crippen LogP contribution in [0.4, 0.5) is 0 Å². The molecular weight excluding hydrogens is 274 g/mol. The Bertz CT molecular complexity index is 423. The van der Waals surface area contributed by atoms with E-state index in [-0.39, 0.29) is 17.4 Å². The molecule has 0 heterocycles. The summed E-state index contributed by atoms with van der Waals surface area (Å²) in [5.74, 6) is -0.156. The molecule has 0 spiro atoms. The van der Waals surface area contributed by atoms with Crippen LogP contribution in [0.1, 0.15) is 39.7 Å². The highest BCUT2D eigenvalue weighted by Crippen LogP contribution is 2.23. The molecule has 0 amide bonds. The first-order valence-electron chi connectivity index (χ1n) is 6.96. The van der Waals surface area contributed by atoms with Crippen LogP contribution in [-0.2, 0) is 16.1 Å². The molecule has 0 bridgehead atoms. The van der Waals surface area contributed by atoms with Crippen molar-refractivity contribution in [1.29, 1.82) is 0 Å². The Hall–Kier alpha value is -1.06. The first kappa shape index (κ1) is 17.0. The van der Waals surface area contributed by atoms with Gasteiger partial charge in [-0.2, -0.15) is 0 Å². The lowest BCUT2D eigenvalue weighted by molar-refractivity contribution is -0.144. The number of ether oxygens (including phenoxy) is 1. The maximum absolute atomic E-state index is 11.7. The summed E-state index contributed by atoms with van der Waals surface area (Å²) in [5, 5.41) is 4.17. The molecule has 0 saturated heterocycles. The Morgan fingerprint density at radius 2 is 1.90 bits per heavy atom. The molecule has 0 radical (unpaired) electrons. The van der Waals surface area contributed by atoms with Crippen molar-refractivity contribution >= 4 is 17.6 Å². The molecule has 4 heteroatoms. The van der Waals surface area contributed by atoms with Crippen molar-refractivity contribution in [2.75, 3.05) is 6.61 Å². The standard InChI is InChI=1S/C16H24ClNO2/c1-5-20-15(19)10-14(16(2,3)4)18-11-12-6-8-13(17)9-7-12/h6-9,14,18H,5,10-11H2,1-4H3. The van der Waals surface area contributed by atoms with Crippen molar-refractivity contribution in [3.63, 3.8) is 0 Å². The number of carbonyl (C=O) groups is 1. The van der Waals surface area contributed by atoms with Gasteiger partial charge in [-0.05, 0) is 30.0 Å². The van der Waals surface area contributed by atoms with Gasteiger partial charge in [-0.3, -0.25) is 4.79 Å². The van der Waals surface area contributed by atoms with E-state index in [9.17, 15) is 4.79 Å². The second kappa shape index (κ2) is 7.65. The van der Waals surface area contributed by atoms with E-state index in [1.54, 1.807) is 0 Å². The predicted molar refractivity (Wildman–Crippen MR) is 82.8 cm³/mol. The summed E-state index contributed by atoms with van der Waals surface area (Å²) in [7, 11) is 0. The lowest BCUT2D eigenvalue weighted by Gasteiger charge is -2.31. The fourth-order valence-electron chi connectivity index (χ4n) is 1.91. The molecule has 0 aliphatic heterocycles. The second-order valence-corrected chi connectivity index (χ2v) is 6.37. The molecule has 112 valence electrons. The fourth-order valence-corrected chi connectivity index (χ4v) is 2.04.